The van der Waals surface area contributed by atoms with Gasteiger partial charge in [-0.2, -0.15) is 0 Å². The van der Waals surface area contributed by atoms with Gasteiger partial charge >= 0.3 is 6.09 Å². The van der Waals surface area contributed by atoms with E-state index in [0.717, 1.165) is 0 Å². The first-order chi connectivity index (χ1) is 8.03. The standard InChI is InChI=1S/C12H24N2O4/c1-7(2)6-8(9(15)10(13)16)14-11(17)18-12(3,4)5/h7-9,15H,6H2,1-5H3,(H2,13,16)(H,14,17). The van der Waals surface area contributed by atoms with Gasteiger partial charge in [0, 0.05) is 0 Å². The minimum Gasteiger partial charge on any atom is -0.444 e. The molecule has 6 heteroatoms. The molecule has 0 heterocycles. The number of carbonyl (C=O) groups excluding carboxylic acids is 2. The molecular weight excluding hydrogens is 236 g/mol. The van der Waals surface area contributed by atoms with Crippen LogP contribution < -0.4 is 11.1 Å². The van der Waals surface area contributed by atoms with Crippen LogP contribution in [0.4, 0.5) is 4.79 Å². The largest absolute Gasteiger partial charge is 0.444 e. The van der Waals surface area contributed by atoms with E-state index in [-0.39, 0.29) is 5.92 Å². The molecule has 6 nitrogen and oxygen atoms in total. The van der Waals surface area contributed by atoms with E-state index >= 15 is 0 Å². The van der Waals surface area contributed by atoms with Crippen LogP contribution in [0.5, 0.6) is 0 Å². The van der Waals surface area contributed by atoms with Gasteiger partial charge in [0.25, 0.3) is 0 Å². The van der Waals surface area contributed by atoms with E-state index in [9.17, 15) is 14.7 Å². The van der Waals surface area contributed by atoms with E-state index in [1.807, 2.05) is 13.8 Å². The Kier molecular flexibility index (Phi) is 6.11. The van der Waals surface area contributed by atoms with Crippen molar-refractivity contribution in [3.05, 3.63) is 0 Å². The summed E-state index contributed by atoms with van der Waals surface area (Å²) in [6, 6.07) is -0.739. The van der Waals surface area contributed by atoms with Gasteiger partial charge in [-0.3, -0.25) is 4.79 Å². The number of hydrogen-bond donors (Lipinski definition) is 3. The summed E-state index contributed by atoms with van der Waals surface area (Å²) in [5.74, 6) is -0.671. The highest BCUT2D eigenvalue weighted by Gasteiger charge is 2.28. The molecule has 0 saturated carbocycles. The van der Waals surface area contributed by atoms with Crippen LogP contribution in [-0.2, 0) is 9.53 Å². The monoisotopic (exact) mass is 260 g/mol. The summed E-state index contributed by atoms with van der Waals surface area (Å²) in [7, 11) is 0. The van der Waals surface area contributed by atoms with Crippen molar-refractivity contribution in [3.8, 4) is 0 Å². The predicted octanol–water partition coefficient (Wildman–Crippen LogP) is 0.772. The van der Waals surface area contributed by atoms with Gasteiger partial charge in [-0.15, -0.1) is 0 Å². The number of aliphatic hydroxyl groups is 1. The molecule has 18 heavy (non-hydrogen) atoms. The van der Waals surface area contributed by atoms with Gasteiger partial charge < -0.3 is 20.9 Å². The summed E-state index contributed by atoms with van der Waals surface area (Å²) in [6.07, 6.45) is -1.66. The Labute approximate surface area is 108 Å². The average Bonchev–Trinajstić information content (AvgIpc) is 2.11. The normalized spacial score (nSPS) is 15.1. The molecule has 106 valence electrons. The number of carbonyl (C=O) groups is 2. The lowest BCUT2D eigenvalue weighted by molar-refractivity contribution is -0.127. The first kappa shape index (κ1) is 16.7. The SMILES string of the molecule is CC(C)CC(NC(=O)OC(C)(C)C)C(O)C(N)=O. The van der Waals surface area contributed by atoms with Gasteiger partial charge in [-0.05, 0) is 33.1 Å². The second-order valence-electron chi connectivity index (χ2n) is 5.73. The smallest absolute Gasteiger partial charge is 0.407 e. The fourth-order valence-electron chi connectivity index (χ4n) is 1.43. The zero-order valence-electron chi connectivity index (χ0n) is 11.7. The molecule has 0 spiro atoms. The minimum atomic E-state index is -1.42. The van der Waals surface area contributed by atoms with E-state index in [1.54, 1.807) is 20.8 Å². The summed E-state index contributed by atoms with van der Waals surface area (Å²) in [5, 5.41) is 12.1. The molecule has 0 saturated heterocycles. The quantitative estimate of drug-likeness (QED) is 0.679. The molecular formula is C12H24N2O4. The number of aliphatic hydroxyl groups excluding tert-OH is 1. The maximum Gasteiger partial charge on any atom is 0.407 e. The van der Waals surface area contributed by atoms with Gasteiger partial charge in [-0.1, -0.05) is 13.8 Å². The summed E-state index contributed by atoms with van der Waals surface area (Å²) < 4.78 is 5.07. The van der Waals surface area contributed by atoms with Crippen molar-refractivity contribution in [2.45, 2.75) is 58.8 Å². The molecule has 0 aliphatic carbocycles. The Bertz CT molecular complexity index is 297. The zero-order valence-corrected chi connectivity index (χ0v) is 11.7. The van der Waals surface area contributed by atoms with Gasteiger partial charge in [0.15, 0.2) is 6.10 Å². The maximum absolute atomic E-state index is 11.6. The summed E-state index contributed by atoms with van der Waals surface area (Å²) in [5.41, 5.74) is 4.40. The van der Waals surface area contributed by atoms with Crippen molar-refractivity contribution in [2.75, 3.05) is 0 Å². The third kappa shape index (κ3) is 7.11. The molecule has 0 aromatic heterocycles. The molecule has 4 N–H and O–H groups in total. The number of nitrogens with one attached hydrogen (secondary N) is 1. The maximum atomic E-state index is 11.6. The van der Waals surface area contributed by atoms with Crippen molar-refractivity contribution in [1.82, 2.24) is 5.32 Å². The topological polar surface area (TPSA) is 102 Å². The van der Waals surface area contributed by atoms with Crippen LogP contribution in [0, 0.1) is 5.92 Å². The minimum absolute atomic E-state index is 0.193. The van der Waals surface area contributed by atoms with Crippen LogP contribution in [0.3, 0.4) is 0 Å². The van der Waals surface area contributed by atoms with Gasteiger partial charge in [0.1, 0.15) is 5.60 Å². The van der Waals surface area contributed by atoms with Crippen LogP contribution in [0.1, 0.15) is 41.0 Å². The lowest BCUT2D eigenvalue weighted by Crippen LogP contribution is -2.50. The third-order valence-corrected chi connectivity index (χ3v) is 2.10. The Morgan fingerprint density at radius 1 is 1.33 bits per heavy atom. The number of primary amides is 1. The number of rotatable bonds is 5. The highest BCUT2D eigenvalue weighted by atomic mass is 16.6. The number of amides is 2. The lowest BCUT2D eigenvalue weighted by atomic mass is 9.99. The molecule has 0 aliphatic heterocycles. The number of nitrogens with two attached hydrogens (primary N) is 1. The zero-order chi connectivity index (χ0) is 14.5. The summed E-state index contributed by atoms with van der Waals surface area (Å²) in [6.45, 7) is 9.02. The fraction of sp³-hybridized carbons (Fsp3) is 0.833. The third-order valence-electron chi connectivity index (χ3n) is 2.10. The van der Waals surface area contributed by atoms with Crippen molar-refractivity contribution >= 4 is 12.0 Å². The molecule has 0 rings (SSSR count). The van der Waals surface area contributed by atoms with E-state index < -0.39 is 29.7 Å². The average molecular weight is 260 g/mol. The van der Waals surface area contributed by atoms with Crippen molar-refractivity contribution in [1.29, 1.82) is 0 Å². The fourth-order valence-corrected chi connectivity index (χ4v) is 1.43. The van der Waals surface area contributed by atoms with Crippen molar-refractivity contribution in [2.24, 2.45) is 11.7 Å². The first-order valence-electron chi connectivity index (χ1n) is 6.00. The molecule has 0 aliphatic rings. The van der Waals surface area contributed by atoms with Gasteiger partial charge in [0.2, 0.25) is 5.91 Å². The molecule has 2 atom stereocenters. The van der Waals surface area contributed by atoms with E-state index in [2.05, 4.69) is 5.32 Å². The van der Waals surface area contributed by atoms with Gasteiger partial charge in [0.05, 0.1) is 6.04 Å². The molecule has 0 aromatic rings. The lowest BCUT2D eigenvalue weighted by Gasteiger charge is -2.26. The van der Waals surface area contributed by atoms with Gasteiger partial charge in [-0.25, -0.2) is 4.79 Å². The Morgan fingerprint density at radius 3 is 2.17 bits per heavy atom. The van der Waals surface area contributed by atoms with Crippen molar-refractivity contribution < 1.29 is 19.4 Å². The second kappa shape index (κ2) is 6.58. The Balaban J connectivity index is 4.59. The molecule has 0 aromatic carbocycles. The van der Waals surface area contributed by atoms with E-state index in [1.165, 1.54) is 0 Å². The van der Waals surface area contributed by atoms with Crippen LogP contribution in [0.15, 0.2) is 0 Å². The summed E-state index contributed by atoms with van der Waals surface area (Å²) in [4.78, 5) is 22.6. The molecule has 0 fully saturated rings. The first-order valence-corrected chi connectivity index (χ1v) is 6.00. The second-order valence-corrected chi connectivity index (χ2v) is 5.73. The van der Waals surface area contributed by atoms with E-state index in [4.69, 9.17) is 10.5 Å². The molecule has 2 amide bonds. The number of hydrogen-bond acceptors (Lipinski definition) is 4. The Morgan fingerprint density at radius 2 is 1.83 bits per heavy atom. The van der Waals surface area contributed by atoms with E-state index in [0.29, 0.717) is 6.42 Å². The predicted molar refractivity (Wildman–Crippen MR) is 67.8 cm³/mol. The molecule has 0 bridgehead atoms. The summed E-state index contributed by atoms with van der Waals surface area (Å²) >= 11 is 0. The Hall–Kier alpha value is -1.30. The highest BCUT2D eigenvalue weighted by molar-refractivity contribution is 5.80. The highest BCUT2D eigenvalue weighted by Crippen LogP contribution is 2.11. The van der Waals surface area contributed by atoms with Crippen LogP contribution in [-0.4, -0.2) is 34.9 Å². The van der Waals surface area contributed by atoms with Crippen LogP contribution >= 0.6 is 0 Å². The van der Waals surface area contributed by atoms with Crippen molar-refractivity contribution in [3.63, 3.8) is 0 Å². The van der Waals surface area contributed by atoms with Crippen LogP contribution in [0.2, 0.25) is 0 Å². The molecule has 0 radical (unpaired) electrons. The number of alkyl carbamates (subject to hydrolysis) is 1. The van der Waals surface area contributed by atoms with Crippen LogP contribution in [0.25, 0.3) is 0 Å². The molecule has 2 unspecified atom stereocenters. The number of ether oxygens (including phenoxy) is 1.